The quantitative estimate of drug-likeness (QED) is 0.727. The summed E-state index contributed by atoms with van der Waals surface area (Å²) in [6, 6.07) is 14.5. The molecule has 0 saturated carbocycles. The van der Waals surface area contributed by atoms with Crippen molar-refractivity contribution in [3.8, 4) is 11.5 Å². The number of benzene rings is 2. The standard InChI is InChI=1S/C23H26N2O4/c1-3-14-29-20-12-11-17(15-21(20)28-2)23(27)25-13-7-8-18(16-25)22(26)24-19-9-5-4-6-10-19/h3-6,9-12,15,18H,1,7-8,13-14,16H2,2H3,(H,24,26). The third-order valence-corrected chi connectivity index (χ3v) is 4.89. The molecule has 0 aliphatic carbocycles. The third-order valence-electron chi connectivity index (χ3n) is 4.89. The van der Waals surface area contributed by atoms with Gasteiger partial charge >= 0.3 is 0 Å². The second kappa shape index (κ2) is 9.78. The van der Waals surface area contributed by atoms with Crippen LogP contribution >= 0.6 is 0 Å². The summed E-state index contributed by atoms with van der Waals surface area (Å²) in [5.41, 5.74) is 1.28. The average molecular weight is 394 g/mol. The molecule has 2 aromatic carbocycles. The van der Waals surface area contributed by atoms with Crippen LogP contribution in [0.15, 0.2) is 61.2 Å². The number of rotatable bonds is 7. The number of hydrogen-bond acceptors (Lipinski definition) is 4. The Labute approximate surface area is 171 Å². The van der Waals surface area contributed by atoms with E-state index in [1.807, 2.05) is 30.3 Å². The van der Waals surface area contributed by atoms with E-state index < -0.39 is 0 Å². The number of nitrogens with one attached hydrogen (secondary N) is 1. The number of piperidine rings is 1. The van der Waals surface area contributed by atoms with Gasteiger partial charge in [0.15, 0.2) is 11.5 Å². The monoisotopic (exact) mass is 394 g/mol. The first-order valence-corrected chi connectivity index (χ1v) is 9.69. The van der Waals surface area contributed by atoms with Crippen molar-refractivity contribution < 1.29 is 19.1 Å². The Kier molecular flexibility index (Phi) is 6.89. The Hall–Kier alpha value is -3.28. The van der Waals surface area contributed by atoms with Crippen molar-refractivity contribution in [3.05, 3.63) is 66.7 Å². The zero-order valence-electron chi connectivity index (χ0n) is 16.6. The first-order valence-electron chi connectivity index (χ1n) is 9.69. The maximum Gasteiger partial charge on any atom is 0.254 e. The van der Waals surface area contributed by atoms with Gasteiger partial charge < -0.3 is 19.7 Å². The predicted octanol–water partition coefficient (Wildman–Crippen LogP) is 3.75. The molecule has 6 heteroatoms. The first-order chi connectivity index (χ1) is 14.1. The van der Waals surface area contributed by atoms with Crippen LogP contribution in [0.1, 0.15) is 23.2 Å². The maximum atomic E-state index is 13.0. The van der Waals surface area contributed by atoms with Gasteiger partial charge in [0.2, 0.25) is 5.91 Å². The number of anilines is 1. The van der Waals surface area contributed by atoms with E-state index in [1.165, 1.54) is 7.11 Å². The van der Waals surface area contributed by atoms with E-state index in [1.54, 1.807) is 29.2 Å². The van der Waals surface area contributed by atoms with E-state index >= 15 is 0 Å². The van der Waals surface area contributed by atoms with E-state index in [-0.39, 0.29) is 17.7 Å². The smallest absolute Gasteiger partial charge is 0.254 e. The molecule has 2 aromatic rings. The van der Waals surface area contributed by atoms with Gasteiger partial charge in [0, 0.05) is 24.3 Å². The maximum absolute atomic E-state index is 13.0. The Morgan fingerprint density at radius 2 is 2.00 bits per heavy atom. The molecule has 1 aliphatic heterocycles. The fourth-order valence-corrected chi connectivity index (χ4v) is 3.39. The number of amides is 2. The normalized spacial score (nSPS) is 16.0. The molecule has 0 spiro atoms. The van der Waals surface area contributed by atoms with Crippen LogP contribution in [0.2, 0.25) is 0 Å². The van der Waals surface area contributed by atoms with Gasteiger partial charge in [0.05, 0.1) is 13.0 Å². The molecule has 29 heavy (non-hydrogen) atoms. The topological polar surface area (TPSA) is 67.9 Å². The molecule has 1 heterocycles. The Morgan fingerprint density at radius 1 is 1.21 bits per heavy atom. The van der Waals surface area contributed by atoms with Crippen LogP contribution in [0, 0.1) is 5.92 Å². The summed E-state index contributed by atoms with van der Waals surface area (Å²) in [5.74, 6) is 0.649. The molecule has 0 aromatic heterocycles. The van der Waals surface area contributed by atoms with E-state index in [0.717, 1.165) is 18.5 Å². The number of carbonyl (C=O) groups is 2. The van der Waals surface area contributed by atoms with Gasteiger partial charge in [-0.1, -0.05) is 30.9 Å². The molecule has 1 fully saturated rings. The highest BCUT2D eigenvalue weighted by molar-refractivity contribution is 5.96. The van der Waals surface area contributed by atoms with Crippen LogP contribution in [-0.2, 0) is 4.79 Å². The van der Waals surface area contributed by atoms with E-state index in [9.17, 15) is 9.59 Å². The van der Waals surface area contributed by atoms with Gasteiger partial charge in [-0.25, -0.2) is 0 Å². The fraction of sp³-hybridized carbons (Fsp3) is 0.304. The summed E-state index contributed by atoms with van der Waals surface area (Å²) in [6.07, 6.45) is 3.20. The van der Waals surface area contributed by atoms with Crippen molar-refractivity contribution >= 4 is 17.5 Å². The van der Waals surface area contributed by atoms with Crippen LogP contribution in [-0.4, -0.2) is 43.5 Å². The van der Waals surface area contributed by atoms with Crippen molar-refractivity contribution in [2.24, 2.45) is 5.92 Å². The summed E-state index contributed by atoms with van der Waals surface area (Å²) in [5, 5.41) is 2.93. The predicted molar refractivity (Wildman–Crippen MR) is 112 cm³/mol. The van der Waals surface area contributed by atoms with Gasteiger partial charge in [0.25, 0.3) is 5.91 Å². The Balaban J connectivity index is 1.67. The van der Waals surface area contributed by atoms with Crippen molar-refractivity contribution in [1.82, 2.24) is 4.90 Å². The summed E-state index contributed by atoms with van der Waals surface area (Å²) in [4.78, 5) is 27.4. The highest BCUT2D eigenvalue weighted by atomic mass is 16.5. The molecule has 1 atom stereocenters. The molecule has 152 valence electrons. The molecule has 0 bridgehead atoms. The first kappa shape index (κ1) is 20.5. The molecule has 6 nitrogen and oxygen atoms in total. The lowest BCUT2D eigenvalue weighted by atomic mass is 9.96. The second-order valence-corrected chi connectivity index (χ2v) is 6.91. The number of nitrogens with zero attached hydrogens (tertiary/aromatic N) is 1. The third kappa shape index (κ3) is 5.16. The molecule has 1 saturated heterocycles. The van der Waals surface area contributed by atoms with E-state index in [0.29, 0.717) is 36.8 Å². The number of para-hydroxylation sites is 1. The van der Waals surface area contributed by atoms with Gasteiger partial charge in [-0.2, -0.15) is 0 Å². The number of likely N-dealkylation sites (tertiary alicyclic amines) is 1. The molecule has 1 N–H and O–H groups in total. The summed E-state index contributed by atoms with van der Waals surface area (Å²) in [7, 11) is 1.54. The van der Waals surface area contributed by atoms with Gasteiger partial charge in [-0.05, 0) is 43.2 Å². The number of hydrogen-bond donors (Lipinski definition) is 1. The van der Waals surface area contributed by atoms with E-state index in [2.05, 4.69) is 11.9 Å². The van der Waals surface area contributed by atoms with Gasteiger partial charge in [0.1, 0.15) is 6.61 Å². The zero-order valence-corrected chi connectivity index (χ0v) is 16.6. The molecular weight excluding hydrogens is 368 g/mol. The van der Waals surface area contributed by atoms with E-state index in [4.69, 9.17) is 9.47 Å². The SMILES string of the molecule is C=CCOc1ccc(C(=O)N2CCCC(C(=O)Nc3ccccc3)C2)cc1OC. The lowest BCUT2D eigenvalue weighted by Gasteiger charge is -2.32. The lowest BCUT2D eigenvalue weighted by molar-refractivity contribution is -0.121. The number of methoxy groups -OCH3 is 1. The van der Waals surface area contributed by atoms with Crippen LogP contribution < -0.4 is 14.8 Å². The van der Waals surface area contributed by atoms with Crippen molar-refractivity contribution in [3.63, 3.8) is 0 Å². The lowest BCUT2D eigenvalue weighted by Crippen LogP contribution is -2.43. The number of ether oxygens (including phenoxy) is 2. The number of carbonyl (C=O) groups excluding carboxylic acids is 2. The minimum absolute atomic E-state index is 0.0561. The second-order valence-electron chi connectivity index (χ2n) is 6.91. The van der Waals surface area contributed by atoms with Crippen LogP contribution in [0.4, 0.5) is 5.69 Å². The molecular formula is C23H26N2O4. The highest BCUT2D eigenvalue weighted by Gasteiger charge is 2.29. The fourth-order valence-electron chi connectivity index (χ4n) is 3.39. The summed E-state index contributed by atoms with van der Waals surface area (Å²) < 4.78 is 10.9. The molecule has 0 radical (unpaired) electrons. The van der Waals surface area contributed by atoms with Crippen molar-refractivity contribution in [1.29, 1.82) is 0 Å². The highest BCUT2D eigenvalue weighted by Crippen LogP contribution is 2.29. The minimum Gasteiger partial charge on any atom is -0.493 e. The average Bonchev–Trinajstić information content (AvgIpc) is 2.77. The molecule has 1 unspecified atom stereocenters. The largest absolute Gasteiger partial charge is 0.493 e. The van der Waals surface area contributed by atoms with Crippen molar-refractivity contribution in [2.45, 2.75) is 12.8 Å². The summed E-state index contributed by atoms with van der Waals surface area (Å²) >= 11 is 0. The zero-order chi connectivity index (χ0) is 20.6. The Morgan fingerprint density at radius 3 is 2.72 bits per heavy atom. The summed E-state index contributed by atoms with van der Waals surface area (Å²) in [6.45, 7) is 5.01. The molecule has 2 amide bonds. The molecule has 3 rings (SSSR count). The van der Waals surface area contributed by atoms with Crippen LogP contribution in [0.25, 0.3) is 0 Å². The van der Waals surface area contributed by atoms with Crippen LogP contribution in [0.3, 0.4) is 0 Å². The van der Waals surface area contributed by atoms with Gasteiger partial charge in [-0.15, -0.1) is 0 Å². The van der Waals surface area contributed by atoms with Crippen LogP contribution in [0.5, 0.6) is 11.5 Å². The van der Waals surface area contributed by atoms with Gasteiger partial charge in [-0.3, -0.25) is 9.59 Å². The minimum atomic E-state index is -0.231. The molecule has 1 aliphatic rings. The Bertz CT molecular complexity index is 866. The van der Waals surface area contributed by atoms with Crippen molar-refractivity contribution in [2.75, 3.05) is 32.1 Å².